The smallest absolute Gasteiger partial charge is 0.303 e. The predicted molar refractivity (Wildman–Crippen MR) is 87.1 cm³/mol. The molecule has 0 amide bonds. The average molecular weight is 375 g/mol. The number of esters is 3. The molecule has 0 spiro atoms. The van der Waals surface area contributed by atoms with Crippen LogP contribution in [0.15, 0.2) is 4.99 Å². The van der Waals surface area contributed by atoms with Crippen LogP contribution in [0.1, 0.15) is 20.8 Å². The number of carbonyl (C=O) groups is 3. The summed E-state index contributed by atoms with van der Waals surface area (Å²) in [5.41, 5.74) is -0.457. The van der Waals surface area contributed by atoms with Gasteiger partial charge in [0.2, 0.25) is 0 Å². The summed E-state index contributed by atoms with van der Waals surface area (Å²) >= 11 is 1.34. The van der Waals surface area contributed by atoms with Crippen LogP contribution in [0, 0.1) is 0 Å². The van der Waals surface area contributed by atoms with E-state index in [1.54, 1.807) is 7.11 Å². The van der Waals surface area contributed by atoms with Crippen molar-refractivity contribution in [2.75, 3.05) is 20.3 Å². The molecule has 5 atom stereocenters. The van der Waals surface area contributed by atoms with Crippen molar-refractivity contribution < 1.29 is 38.1 Å². The third-order valence-corrected chi connectivity index (χ3v) is 4.60. The number of hydrogen-bond acceptors (Lipinski definition) is 10. The molecule has 9 nitrogen and oxygen atoms in total. The van der Waals surface area contributed by atoms with Crippen LogP contribution in [-0.2, 0) is 38.1 Å². The van der Waals surface area contributed by atoms with E-state index >= 15 is 0 Å². The number of methoxy groups -OCH3 is 1. The van der Waals surface area contributed by atoms with Gasteiger partial charge in [-0.3, -0.25) is 19.4 Å². The van der Waals surface area contributed by atoms with Crippen molar-refractivity contribution in [3.8, 4) is 0 Å². The molecule has 2 rings (SSSR count). The van der Waals surface area contributed by atoms with Crippen molar-refractivity contribution in [3.05, 3.63) is 0 Å². The fourth-order valence-electron chi connectivity index (χ4n) is 2.64. The minimum absolute atomic E-state index is 0.131. The molecule has 10 heteroatoms. The van der Waals surface area contributed by atoms with Crippen LogP contribution in [0.3, 0.4) is 0 Å². The van der Waals surface area contributed by atoms with Gasteiger partial charge >= 0.3 is 17.9 Å². The standard InChI is InChI=1S/C15H21NO8S/c1-7(17)21-5-10-13(22-8(2)18)14(23-9(3)19)12-15(24-10)25-11(16-12)6-20-4/h10,12-15H,5-6H2,1-4H3/t10-,12-,13-,14-,15-/m1/s1. The van der Waals surface area contributed by atoms with Crippen molar-refractivity contribution in [1.82, 2.24) is 0 Å². The van der Waals surface area contributed by atoms with Gasteiger partial charge in [0, 0.05) is 27.9 Å². The first-order valence-electron chi connectivity index (χ1n) is 7.67. The summed E-state index contributed by atoms with van der Waals surface area (Å²) in [6.45, 7) is 3.93. The number of carbonyl (C=O) groups excluding carboxylic acids is 3. The zero-order chi connectivity index (χ0) is 18.6. The second kappa shape index (κ2) is 8.63. The Hall–Kier alpha value is -1.65. The Labute approximate surface area is 149 Å². The van der Waals surface area contributed by atoms with Crippen LogP contribution in [0.4, 0.5) is 0 Å². The zero-order valence-electron chi connectivity index (χ0n) is 14.4. The van der Waals surface area contributed by atoms with E-state index in [1.165, 1.54) is 32.5 Å². The van der Waals surface area contributed by atoms with Gasteiger partial charge < -0.3 is 23.7 Å². The summed E-state index contributed by atoms with van der Waals surface area (Å²) in [7, 11) is 1.54. The first-order chi connectivity index (χ1) is 11.8. The van der Waals surface area contributed by atoms with Crippen LogP contribution < -0.4 is 0 Å². The fourth-order valence-corrected chi connectivity index (χ4v) is 3.83. The summed E-state index contributed by atoms with van der Waals surface area (Å²) in [6.07, 6.45) is -2.56. The largest absolute Gasteiger partial charge is 0.463 e. The van der Waals surface area contributed by atoms with Crippen LogP contribution in [-0.4, -0.2) is 73.1 Å². The number of nitrogens with zero attached hydrogens (tertiary/aromatic N) is 1. The lowest BCUT2D eigenvalue weighted by Gasteiger charge is -2.41. The topological polar surface area (TPSA) is 110 Å². The Morgan fingerprint density at radius 3 is 2.28 bits per heavy atom. The lowest BCUT2D eigenvalue weighted by atomic mass is 9.98. The lowest BCUT2D eigenvalue weighted by molar-refractivity contribution is -0.208. The number of aliphatic imine (C=N–C) groups is 1. The number of hydrogen-bond donors (Lipinski definition) is 0. The third-order valence-electron chi connectivity index (χ3n) is 3.48. The number of fused-ring (bicyclic) bond motifs is 1. The molecule has 0 N–H and O–H groups in total. The molecule has 0 aromatic rings. The lowest BCUT2D eigenvalue weighted by Crippen LogP contribution is -2.59. The summed E-state index contributed by atoms with van der Waals surface area (Å²) < 4.78 is 26.7. The first kappa shape index (κ1) is 19.7. The highest BCUT2D eigenvalue weighted by Gasteiger charge is 2.53. The van der Waals surface area contributed by atoms with Crippen molar-refractivity contribution >= 4 is 34.7 Å². The van der Waals surface area contributed by atoms with Crippen LogP contribution in [0.2, 0.25) is 0 Å². The Kier molecular flexibility index (Phi) is 6.79. The molecular formula is C15H21NO8S. The molecule has 0 aliphatic carbocycles. The molecule has 25 heavy (non-hydrogen) atoms. The van der Waals surface area contributed by atoms with Gasteiger partial charge in [-0.1, -0.05) is 11.8 Å². The van der Waals surface area contributed by atoms with Crippen LogP contribution in [0.5, 0.6) is 0 Å². The SMILES string of the molecule is COCC1=N[C@@H]2[C@@H](OC(C)=O)[C@H](OC(C)=O)[C@@H](COC(C)=O)O[C@@H]2S1. The van der Waals surface area contributed by atoms with E-state index in [0.29, 0.717) is 11.7 Å². The number of rotatable bonds is 6. The molecule has 2 aliphatic heterocycles. The molecule has 0 aromatic heterocycles. The van der Waals surface area contributed by atoms with E-state index in [-0.39, 0.29) is 6.61 Å². The Bertz CT molecular complexity index is 566. The second-order valence-corrected chi connectivity index (χ2v) is 6.73. The van der Waals surface area contributed by atoms with Gasteiger partial charge in [0.05, 0.1) is 11.7 Å². The van der Waals surface area contributed by atoms with Gasteiger partial charge in [-0.2, -0.15) is 0 Å². The molecule has 2 aliphatic rings. The Balaban J connectivity index is 2.27. The minimum atomic E-state index is -0.937. The molecule has 2 heterocycles. The van der Waals surface area contributed by atoms with Crippen molar-refractivity contribution in [2.45, 2.75) is 50.6 Å². The quantitative estimate of drug-likeness (QED) is 0.478. The van der Waals surface area contributed by atoms with Gasteiger partial charge in [-0.05, 0) is 0 Å². The summed E-state index contributed by atoms with van der Waals surface area (Å²) in [5.74, 6) is -1.59. The summed E-state index contributed by atoms with van der Waals surface area (Å²) in [5, 5.41) is 0.685. The molecule has 1 fully saturated rings. The van der Waals surface area contributed by atoms with E-state index < -0.39 is 47.7 Å². The Morgan fingerprint density at radius 2 is 1.72 bits per heavy atom. The highest BCUT2D eigenvalue weighted by molar-refractivity contribution is 8.14. The molecule has 0 radical (unpaired) electrons. The maximum atomic E-state index is 11.5. The maximum Gasteiger partial charge on any atom is 0.303 e. The maximum absolute atomic E-state index is 11.5. The normalized spacial score (nSPS) is 30.9. The molecule has 0 unspecified atom stereocenters. The molecule has 0 bridgehead atoms. The first-order valence-corrected chi connectivity index (χ1v) is 8.55. The van der Waals surface area contributed by atoms with Crippen molar-refractivity contribution in [2.24, 2.45) is 4.99 Å². The van der Waals surface area contributed by atoms with E-state index in [9.17, 15) is 14.4 Å². The second-order valence-electron chi connectivity index (χ2n) is 5.56. The fraction of sp³-hybridized carbons (Fsp3) is 0.733. The van der Waals surface area contributed by atoms with Gasteiger partial charge in [0.15, 0.2) is 12.2 Å². The third kappa shape index (κ3) is 5.16. The van der Waals surface area contributed by atoms with Gasteiger partial charge in [-0.15, -0.1) is 0 Å². The van der Waals surface area contributed by atoms with Gasteiger partial charge in [-0.25, -0.2) is 0 Å². The van der Waals surface area contributed by atoms with E-state index in [2.05, 4.69) is 4.99 Å². The van der Waals surface area contributed by atoms with E-state index in [1.807, 2.05) is 0 Å². The van der Waals surface area contributed by atoms with Crippen molar-refractivity contribution in [3.63, 3.8) is 0 Å². The summed E-state index contributed by atoms with van der Waals surface area (Å²) in [4.78, 5) is 38.6. The molecule has 1 saturated heterocycles. The minimum Gasteiger partial charge on any atom is -0.463 e. The van der Waals surface area contributed by atoms with Gasteiger partial charge in [0.25, 0.3) is 0 Å². The number of thioether (sulfide) groups is 1. The monoisotopic (exact) mass is 375 g/mol. The average Bonchev–Trinajstić information content (AvgIpc) is 2.89. The highest BCUT2D eigenvalue weighted by atomic mass is 32.2. The van der Waals surface area contributed by atoms with E-state index in [4.69, 9.17) is 23.7 Å². The molecule has 0 aromatic carbocycles. The van der Waals surface area contributed by atoms with Crippen molar-refractivity contribution in [1.29, 1.82) is 0 Å². The summed E-state index contributed by atoms with van der Waals surface area (Å²) in [6, 6.07) is -0.544. The van der Waals surface area contributed by atoms with Crippen LogP contribution >= 0.6 is 11.8 Å². The molecular weight excluding hydrogens is 354 g/mol. The molecule has 140 valence electrons. The predicted octanol–water partition coefficient (Wildman–Crippen LogP) is 0.298. The molecule has 0 saturated carbocycles. The highest BCUT2D eigenvalue weighted by Crippen LogP contribution is 2.39. The van der Waals surface area contributed by atoms with E-state index in [0.717, 1.165) is 0 Å². The van der Waals surface area contributed by atoms with Crippen LogP contribution in [0.25, 0.3) is 0 Å². The Morgan fingerprint density at radius 1 is 1.08 bits per heavy atom. The number of ether oxygens (including phenoxy) is 5. The van der Waals surface area contributed by atoms with Gasteiger partial charge in [0.1, 0.15) is 24.2 Å². The zero-order valence-corrected chi connectivity index (χ0v) is 15.2.